The molecule has 1 aliphatic rings. The summed E-state index contributed by atoms with van der Waals surface area (Å²) in [6.45, 7) is 6.31. The molecule has 0 radical (unpaired) electrons. The van der Waals surface area contributed by atoms with Gasteiger partial charge >= 0.3 is 0 Å². The van der Waals surface area contributed by atoms with E-state index in [1.807, 2.05) is 26.8 Å². The molecule has 0 saturated carbocycles. The maximum absolute atomic E-state index is 13.8. The highest BCUT2D eigenvalue weighted by molar-refractivity contribution is 7.99. The number of rotatable bonds is 1. The summed E-state index contributed by atoms with van der Waals surface area (Å²) in [7, 11) is 0. The SMILES string of the molecule is CCN1C(=O)C(C)(C)CSc2c(F)cccc21. The van der Waals surface area contributed by atoms with Crippen molar-refractivity contribution in [1.82, 2.24) is 0 Å². The van der Waals surface area contributed by atoms with Gasteiger partial charge in [-0.1, -0.05) is 19.9 Å². The summed E-state index contributed by atoms with van der Waals surface area (Å²) in [4.78, 5) is 14.6. The van der Waals surface area contributed by atoms with E-state index in [1.54, 1.807) is 11.0 Å². The predicted octanol–water partition coefficient (Wildman–Crippen LogP) is 3.31. The van der Waals surface area contributed by atoms with Crippen molar-refractivity contribution in [3.8, 4) is 0 Å². The number of carbonyl (C=O) groups is 1. The first-order valence-corrected chi connectivity index (χ1v) is 6.69. The van der Waals surface area contributed by atoms with E-state index in [0.29, 0.717) is 22.9 Å². The van der Waals surface area contributed by atoms with Gasteiger partial charge < -0.3 is 4.90 Å². The first-order chi connectivity index (χ1) is 7.97. The molecule has 0 bridgehead atoms. The molecule has 4 heteroatoms. The van der Waals surface area contributed by atoms with Gasteiger partial charge in [-0.25, -0.2) is 4.39 Å². The summed E-state index contributed by atoms with van der Waals surface area (Å²) in [5, 5.41) is 0. The Balaban J connectivity index is 2.56. The normalized spacial score (nSPS) is 18.8. The van der Waals surface area contributed by atoms with Crippen LogP contribution >= 0.6 is 11.8 Å². The van der Waals surface area contributed by atoms with Crippen LogP contribution in [0.5, 0.6) is 0 Å². The molecule has 2 nitrogen and oxygen atoms in total. The van der Waals surface area contributed by atoms with Gasteiger partial charge in [0.1, 0.15) is 5.82 Å². The lowest BCUT2D eigenvalue weighted by molar-refractivity contribution is -0.125. The standard InChI is InChI=1S/C13H16FNOS/c1-4-15-10-7-5-6-9(14)11(10)17-8-13(2,3)12(15)16/h5-7H,4,8H2,1-3H3. The molecule has 1 aliphatic heterocycles. The van der Waals surface area contributed by atoms with Crippen molar-refractivity contribution in [3.63, 3.8) is 0 Å². The van der Waals surface area contributed by atoms with Crippen LogP contribution in [0.1, 0.15) is 20.8 Å². The molecule has 0 fully saturated rings. The highest BCUT2D eigenvalue weighted by Gasteiger charge is 2.36. The van der Waals surface area contributed by atoms with Crippen molar-refractivity contribution in [2.45, 2.75) is 25.7 Å². The number of anilines is 1. The number of benzene rings is 1. The zero-order valence-electron chi connectivity index (χ0n) is 10.3. The van der Waals surface area contributed by atoms with Crippen LogP contribution in [-0.4, -0.2) is 18.2 Å². The minimum atomic E-state index is -0.452. The summed E-state index contributed by atoms with van der Waals surface area (Å²) < 4.78 is 13.8. The third-order valence-electron chi connectivity index (χ3n) is 2.95. The van der Waals surface area contributed by atoms with Gasteiger partial charge in [-0.2, -0.15) is 0 Å². The molecule has 0 N–H and O–H groups in total. The summed E-state index contributed by atoms with van der Waals surface area (Å²) in [6.07, 6.45) is 0. The Morgan fingerprint density at radius 1 is 1.47 bits per heavy atom. The first-order valence-electron chi connectivity index (χ1n) is 5.70. The maximum Gasteiger partial charge on any atom is 0.233 e. The van der Waals surface area contributed by atoms with Crippen LogP contribution in [0.4, 0.5) is 10.1 Å². The second kappa shape index (κ2) is 4.33. The zero-order valence-corrected chi connectivity index (χ0v) is 11.1. The molecule has 1 aromatic carbocycles. The molecule has 1 amide bonds. The van der Waals surface area contributed by atoms with Crippen LogP contribution in [-0.2, 0) is 4.79 Å². The van der Waals surface area contributed by atoms with E-state index in [2.05, 4.69) is 0 Å². The molecule has 0 aliphatic carbocycles. The average Bonchev–Trinajstić information content (AvgIpc) is 2.37. The van der Waals surface area contributed by atoms with E-state index in [-0.39, 0.29) is 11.7 Å². The van der Waals surface area contributed by atoms with Gasteiger partial charge in [0.05, 0.1) is 16.0 Å². The first kappa shape index (κ1) is 12.4. The van der Waals surface area contributed by atoms with E-state index < -0.39 is 5.41 Å². The fourth-order valence-corrected chi connectivity index (χ4v) is 3.12. The molecule has 17 heavy (non-hydrogen) atoms. The lowest BCUT2D eigenvalue weighted by atomic mass is 9.94. The maximum atomic E-state index is 13.8. The van der Waals surface area contributed by atoms with Gasteiger partial charge in [0, 0.05) is 12.3 Å². The molecule has 92 valence electrons. The van der Waals surface area contributed by atoms with Crippen molar-refractivity contribution in [2.75, 3.05) is 17.2 Å². The van der Waals surface area contributed by atoms with Gasteiger partial charge in [0.2, 0.25) is 5.91 Å². The van der Waals surface area contributed by atoms with Crippen molar-refractivity contribution < 1.29 is 9.18 Å². The second-order valence-electron chi connectivity index (χ2n) is 4.81. The Kier molecular flexibility index (Phi) is 3.17. The third kappa shape index (κ3) is 2.06. The number of fused-ring (bicyclic) bond motifs is 1. The molecular weight excluding hydrogens is 237 g/mol. The number of carbonyl (C=O) groups excluding carboxylic acids is 1. The zero-order chi connectivity index (χ0) is 12.6. The van der Waals surface area contributed by atoms with Gasteiger partial charge in [-0.15, -0.1) is 11.8 Å². The quantitative estimate of drug-likeness (QED) is 0.765. The van der Waals surface area contributed by atoms with Crippen molar-refractivity contribution >= 4 is 23.4 Å². The smallest absolute Gasteiger partial charge is 0.233 e. The van der Waals surface area contributed by atoms with Crippen LogP contribution in [0.3, 0.4) is 0 Å². The summed E-state index contributed by atoms with van der Waals surface area (Å²) in [5.74, 6) is 0.435. The Morgan fingerprint density at radius 3 is 2.82 bits per heavy atom. The van der Waals surface area contributed by atoms with Gasteiger partial charge in [0.15, 0.2) is 0 Å². The highest BCUT2D eigenvalue weighted by atomic mass is 32.2. The number of thioether (sulfide) groups is 1. The van der Waals surface area contributed by atoms with Crippen molar-refractivity contribution in [1.29, 1.82) is 0 Å². The fraction of sp³-hybridized carbons (Fsp3) is 0.462. The van der Waals surface area contributed by atoms with E-state index in [0.717, 1.165) is 0 Å². The molecule has 1 heterocycles. The summed E-state index contributed by atoms with van der Waals surface area (Å²) in [5.41, 5.74) is 0.250. The van der Waals surface area contributed by atoms with Crippen LogP contribution in [0.15, 0.2) is 23.1 Å². The molecule has 0 aromatic heterocycles. The predicted molar refractivity (Wildman–Crippen MR) is 68.9 cm³/mol. The third-order valence-corrected chi connectivity index (χ3v) is 4.51. The largest absolute Gasteiger partial charge is 0.311 e. The van der Waals surface area contributed by atoms with Gasteiger partial charge in [-0.05, 0) is 19.1 Å². The van der Waals surface area contributed by atoms with E-state index in [4.69, 9.17) is 0 Å². The Bertz CT molecular complexity index is 459. The highest BCUT2D eigenvalue weighted by Crippen LogP contribution is 2.41. The second-order valence-corrected chi connectivity index (χ2v) is 5.80. The van der Waals surface area contributed by atoms with E-state index in [1.165, 1.54) is 17.8 Å². The van der Waals surface area contributed by atoms with Crippen LogP contribution in [0.2, 0.25) is 0 Å². The average molecular weight is 253 g/mol. The molecule has 0 saturated heterocycles. The minimum Gasteiger partial charge on any atom is -0.311 e. The number of nitrogens with zero attached hydrogens (tertiary/aromatic N) is 1. The Labute approximate surface area is 105 Å². The monoisotopic (exact) mass is 253 g/mol. The molecule has 0 unspecified atom stereocenters. The number of halogens is 1. The Morgan fingerprint density at radius 2 is 2.18 bits per heavy atom. The van der Waals surface area contributed by atoms with Crippen molar-refractivity contribution in [2.24, 2.45) is 5.41 Å². The fourth-order valence-electron chi connectivity index (χ4n) is 1.96. The van der Waals surface area contributed by atoms with Gasteiger partial charge in [-0.3, -0.25) is 4.79 Å². The van der Waals surface area contributed by atoms with Gasteiger partial charge in [0.25, 0.3) is 0 Å². The topological polar surface area (TPSA) is 20.3 Å². The molecule has 2 rings (SSSR count). The van der Waals surface area contributed by atoms with Crippen LogP contribution in [0.25, 0.3) is 0 Å². The lowest BCUT2D eigenvalue weighted by Crippen LogP contribution is -2.41. The minimum absolute atomic E-state index is 0.0665. The lowest BCUT2D eigenvalue weighted by Gasteiger charge is -2.28. The summed E-state index contributed by atoms with van der Waals surface area (Å²) in [6, 6.07) is 4.92. The molecular formula is C13H16FNOS. The molecule has 0 atom stereocenters. The number of hydrogen-bond donors (Lipinski definition) is 0. The van der Waals surface area contributed by atoms with E-state index >= 15 is 0 Å². The van der Waals surface area contributed by atoms with Crippen molar-refractivity contribution in [3.05, 3.63) is 24.0 Å². The van der Waals surface area contributed by atoms with E-state index in [9.17, 15) is 9.18 Å². The molecule has 1 aromatic rings. The van der Waals surface area contributed by atoms with Crippen LogP contribution < -0.4 is 4.90 Å². The van der Waals surface area contributed by atoms with Crippen LogP contribution in [0, 0.1) is 11.2 Å². The summed E-state index contributed by atoms with van der Waals surface area (Å²) >= 11 is 1.43. The number of hydrogen-bond acceptors (Lipinski definition) is 2. The number of amides is 1. The molecule has 0 spiro atoms. The Hall–Kier alpha value is -1.03.